The van der Waals surface area contributed by atoms with Gasteiger partial charge in [0, 0.05) is 32.3 Å². The molecule has 1 aromatic heterocycles. The summed E-state index contributed by atoms with van der Waals surface area (Å²) in [6.45, 7) is 7.13. The standard InChI is InChI=1S/C12H22N4O/c1-9(2)6-11(13)12-7-14-8-16(12)5-4-15-10(3)17/h7-9,11H,4-6,13H2,1-3H3,(H,15,17). The number of hydrogen-bond donors (Lipinski definition) is 2. The van der Waals surface area contributed by atoms with Crippen LogP contribution in [-0.2, 0) is 11.3 Å². The van der Waals surface area contributed by atoms with Crippen molar-refractivity contribution in [3.8, 4) is 0 Å². The van der Waals surface area contributed by atoms with Crippen LogP contribution in [0.4, 0.5) is 0 Å². The number of nitrogens with zero attached hydrogens (tertiary/aromatic N) is 2. The van der Waals surface area contributed by atoms with Crippen molar-refractivity contribution in [1.82, 2.24) is 14.9 Å². The first-order valence-electron chi connectivity index (χ1n) is 6.00. The number of rotatable bonds is 6. The van der Waals surface area contributed by atoms with Gasteiger partial charge in [-0.25, -0.2) is 4.98 Å². The zero-order valence-electron chi connectivity index (χ0n) is 10.8. The minimum atomic E-state index is -0.0156. The monoisotopic (exact) mass is 238 g/mol. The summed E-state index contributed by atoms with van der Waals surface area (Å²) in [7, 11) is 0. The Morgan fingerprint density at radius 3 is 2.88 bits per heavy atom. The SMILES string of the molecule is CC(=O)NCCn1cncc1C(N)CC(C)C. The smallest absolute Gasteiger partial charge is 0.216 e. The molecule has 0 aliphatic rings. The van der Waals surface area contributed by atoms with E-state index in [1.807, 2.05) is 4.57 Å². The van der Waals surface area contributed by atoms with Crippen molar-refractivity contribution in [2.45, 2.75) is 39.8 Å². The fourth-order valence-corrected chi connectivity index (χ4v) is 1.81. The summed E-state index contributed by atoms with van der Waals surface area (Å²) < 4.78 is 2.00. The normalized spacial score (nSPS) is 12.8. The maximum absolute atomic E-state index is 10.8. The molecule has 3 N–H and O–H groups in total. The second kappa shape index (κ2) is 6.39. The molecule has 0 spiro atoms. The van der Waals surface area contributed by atoms with Crippen molar-refractivity contribution in [2.24, 2.45) is 11.7 Å². The third-order valence-electron chi connectivity index (χ3n) is 2.58. The van der Waals surface area contributed by atoms with E-state index in [1.165, 1.54) is 6.92 Å². The van der Waals surface area contributed by atoms with Crippen LogP contribution < -0.4 is 11.1 Å². The highest BCUT2D eigenvalue weighted by molar-refractivity contribution is 5.72. The van der Waals surface area contributed by atoms with Gasteiger partial charge in [-0.3, -0.25) is 4.79 Å². The largest absolute Gasteiger partial charge is 0.355 e. The van der Waals surface area contributed by atoms with E-state index in [2.05, 4.69) is 24.1 Å². The van der Waals surface area contributed by atoms with Crippen LogP contribution >= 0.6 is 0 Å². The van der Waals surface area contributed by atoms with Crippen LogP contribution in [0.15, 0.2) is 12.5 Å². The molecule has 1 unspecified atom stereocenters. The predicted molar refractivity (Wildman–Crippen MR) is 67.3 cm³/mol. The summed E-state index contributed by atoms with van der Waals surface area (Å²) in [6.07, 6.45) is 4.50. The molecule has 5 nitrogen and oxygen atoms in total. The first-order valence-corrected chi connectivity index (χ1v) is 6.00. The lowest BCUT2D eigenvalue weighted by atomic mass is 10.0. The maximum Gasteiger partial charge on any atom is 0.216 e. The highest BCUT2D eigenvalue weighted by Gasteiger charge is 2.12. The van der Waals surface area contributed by atoms with Crippen molar-refractivity contribution in [3.63, 3.8) is 0 Å². The van der Waals surface area contributed by atoms with E-state index in [-0.39, 0.29) is 11.9 Å². The number of nitrogens with one attached hydrogen (secondary N) is 1. The van der Waals surface area contributed by atoms with E-state index in [4.69, 9.17) is 5.73 Å². The van der Waals surface area contributed by atoms with Gasteiger partial charge < -0.3 is 15.6 Å². The van der Waals surface area contributed by atoms with Crippen molar-refractivity contribution >= 4 is 5.91 Å². The van der Waals surface area contributed by atoms with Gasteiger partial charge in [-0.1, -0.05) is 13.8 Å². The summed E-state index contributed by atoms with van der Waals surface area (Å²) in [5.74, 6) is 0.543. The molecule has 0 aliphatic heterocycles. The van der Waals surface area contributed by atoms with Crippen molar-refractivity contribution in [1.29, 1.82) is 0 Å². The van der Waals surface area contributed by atoms with Crippen LogP contribution in [0.25, 0.3) is 0 Å². The van der Waals surface area contributed by atoms with Gasteiger partial charge in [0.05, 0.1) is 12.0 Å². The van der Waals surface area contributed by atoms with E-state index in [9.17, 15) is 4.79 Å². The van der Waals surface area contributed by atoms with Gasteiger partial charge >= 0.3 is 0 Å². The molecular formula is C12H22N4O. The molecular weight excluding hydrogens is 216 g/mol. The fourth-order valence-electron chi connectivity index (χ4n) is 1.81. The van der Waals surface area contributed by atoms with Crippen LogP contribution in [0.5, 0.6) is 0 Å². The van der Waals surface area contributed by atoms with Gasteiger partial charge in [0.25, 0.3) is 0 Å². The fraction of sp³-hybridized carbons (Fsp3) is 0.667. The average molecular weight is 238 g/mol. The Hall–Kier alpha value is -1.36. The lowest BCUT2D eigenvalue weighted by Gasteiger charge is -2.16. The summed E-state index contributed by atoms with van der Waals surface area (Å²) in [4.78, 5) is 14.9. The number of aromatic nitrogens is 2. The van der Waals surface area contributed by atoms with Gasteiger partial charge in [0.15, 0.2) is 0 Å². The van der Waals surface area contributed by atoms with Crippen LogP contribution in [0.2, 0.25) is 0 Å². The molecule has 5 heteroatoms. The third-order valence-corrected chi connectivity index (χ3v) is 2.58. The van der Waals surface area contributed by atoms with E-state index in [1.54, 1.807) is 12.5 Å². The molecule has 0 bridgehead atoms. The van der Waals surface area contributed by atoms with Crippen molar-refractivity contribution in [2.75, 3.05) is 6.54 Å². The van der Waals surface area contributed by atoms with Gasteiger partial charge in [-0.2, -0.15) is 0 Å². The summed E-state index contributed by atoms with van der Waals surface area (Å²) in [5, 5.41) is 2.76. The molecule has 0 radical (unpaired) electrons. The molecule has 0 aromatic carbocycles. The quantitative estimate of drug-likeness (QED) is 0.778. The molecule has 0 aliphatic carbocycles. The van der Waals surface area contributed by atoms with Gasteiger partial charge in [-0.15, -0.1) is 0 Å². The van der Waals surface area contributed by atoms with Gasteiger partial charge in [0.1, 0.15) is 0 Å². The molecule has 1 heterocycles. The molecule has 0 fully saturated rings. The Kier molecular flexibility index (Phi) is 5.15. The molecule has 96 valence electrons. The zero-order chi connectivity index (χ0) is 12.8. The minimum Gasteiger partial charge on any atom is -0.355 e. The number of nitrogens with two attached hydrogens (primary N) is 1. The number of imidazole rings is 1. The Labute approximate surface area is 102 Å². The summed E-state index contributed by atoms with van der Waals surface area (Å²) in [6, 6.07) is 0.00910. The molecule has 1 amide bonds. The number of amides is 1. The van der Waals surface area contributed by atoms with E-state index >= 15 is 0 Å². The lowest BCUT2D eigenvalue weighted by molar-refractivity contribution is -0.118. The van der Waals surface area contributed by atoms with E-state index < -0.39 is 0 Å². The van der Waals surface area contributed by atoms with Gasteiger partial charge in [-0.05, 0) is 12.3 Å². The van der Waals surface area contributed by atoms with Crippen LogP contribution in [0, 0.1) is 5.92 Å². The molecule has 0 saturated carbocycles. The van der Waals surface area contributed by atoms with Crippen LogP contribution in [0.3, 0.4) is 0 Å². The minimum absolute atomic E-state index is 0.00910. The molecule has 0 saturated heterocycles. The first-order chi connectivity index (χ1) is 8.00. The maximum atomic E-state index is 10.8. The zero-order valence-corrected chi connectivity index (χ0v) is 10.8. The topological polar surface area (TPSA) is 72.9 Å². The summed E-state index contributed by atoms with van der Waals surface area (Å²) in [5.41, 5.74) is 7.16. The van der Waals surface area contributed by atoms with Crippen LogP contribution in [-0.4, -0.2) is 22.0 Å². The van der Waals surface area contributed by atoms with Crippen molar-refractivity contribution < 1.29 is 4.79 Å². The highest BCUT2D eigenvalue weighted by atomic mass is 16.1. The third kappa shape index (κ3) is 4.56. The highest BCUT2D eigenvalue weighted by Crippen LogP contribution is 2.18. The molecule has 1 aromatic rings. The van der Waals surface area contributed by atoms with Crippen molar-refractivity contribution in [3.05, 3.63) is 18.2 Å². The number of hydrogen-bond acceptors (Lipinski definition) is 3. The van der Waals surface area contributed by atoms with Gasteiger partial charge in [0.2, 0.25) is 5.91 Å². The summed E-state index contributed by atoms with van der Waals surface area (Å²) >= 11 is 0. The number of carbonyl (C=O) groups is 1. The van der Waals surface area contributed by atoms with E-state index in [0.29, 0.717) is 19.0 Å². The lowest BCUT2D eigenvalue weighted by Crippen LogP contribution is -2.26. The second-order valence-electron chi connectivity index (χ2n) is 4.73. The molecule has 17 heavy (non-hydrogen) atoms. The first kappa shape index (κ1) is 13.7. The predicted octanol–water partition coefficient (Wildman–Crippen LogP) is 1.07. The Balaban J connectivity index is 2.55. The average Bonchev–Trinajstić information content (AvgIpc) is 2.64. The Bertz CT molecular complexity index is 359. The number of carbonyl (C=O) groups excluding carboxylic acids is 1. The Morgan fingerprint density at radius 2 is 2.29 bits per heavy atom. The Morgan fingerprint density at radius 1 is 1.59 bits per heavy atom. The molecule has 1 rings (SSSR count). The second-order valence-corrected chi connectivity index (χ2v) is 4.73. The van der Waals surface area contributed by atoms with E-state index in [0.717, 1.165) is 12.1 Å². The van der Waals surface area contributed by atoms with Crippen LogP contribution in [0.1, 0.15) is 38.9 Å². The molecule has 1 atom stereocenters.